The monoisotopic (exact) mass is 561 g/mol. The van der Waals surface area contributed by atoms with Gasteiger partial charge in [-0.05, 0) is 75.8 Å². The van der Waals surface area contributed by atoms with Crippen LogP contribution in [0, 0.1) is 17.1 Å². The van der Waals surface area contributed by atoms with Crippen LogP contribution in [0.15, 0.2) is 59.9 Å². The number of benzene rings is 2. The van der Waals surface area contributed by atoms with E-state index in [1.165, 1.54) is 62.1 Å². The minimum atomic E-state index is -4.85. The number of hydrogen-bond donors (Lipinski definition) is 1. The zero-order chi connectivity index (χ0) is 29.3. The van der Waals surface area contributed by atoms with Crippen LogP contribution >= 0.6 is 12.2 Å². The molecule has 0 spiro atoms. The van der Waals surface area contributed by atoms with Crippen LogP contribution in [0.3, 0.4) is 0 Å². The normalized spacial score (nSPS) is 16.0. The summed E-state index contributed by atoms with van der Waals surface area (Å²) in [6, 6.07) is 7.94. The summed E-state index contributed by atoms with van der Waals surface area (Å²) in [5.41, 5.74) is -3.51. The van der Waals surface area contributed by atoms with Crippen molar-refractivity contribution >= 4 is 40.6 Å². The van der Waals surface area contributed by atoms with Crippen LogP contribution < -0.4 is 14.5 Å². The van der Waals surface area contributed by atoms with E-state index in [9.17, 15) is 27.9 Å². The van der Waals surface area contributed by atoms with Gasteiger partial charge in [-0.2, -0.15) is 18.4 Å². The van der Waals surface area contributed by atoms with E-state index in [4.69, 9.17) is 22.2 Å². The predicted molar refractivity (Wildman–Crippen MR) is 140 cm³/mol. The van der Waals surface area contributed by atoms with E-state index in [1.807, 2.05) is 0 Å². The first-order valence-electron chi connectivity index (χ1n) is 11.6. The van der Waals surface area contributed by atoms with Gasteiger partial charge in [0.2, 0.25) is 0 Å². The second kappa shape index (κ2) is 10.9. The van der Waals surface area contributed by atoms with E-state index in [0.717, 1.165) is 17.0 Å². The largest absolute Gasteiger partial charge is 0.478 e. The number of carbonyl (C=O) groups is 2. The minimum Gasteiger partial charge on any atom is -0.478 e. The van der Waals surface area contributed by atoms with Gasteiger partial charge >= 0.3 is 12.1 Å². The van der Waals surface area contributed by atoms with E-state index in [0.29, 0.717) is 12.5 Å². The number of aliphatic carboxylic acids is 1. The zero-order valence-corrected chi connectivity index (χ0v) is 22.1. The highest BCUT2D eigenvalue weighted by molar-refractivity contribution is 7.81. The zero-order valence-electron chi connectivity index (χ0n) is 21.3. The smallest absolute Gasteiger partial charge is 0.417 e. The molecule has 0 aromatic heterocycles. The number of halogens is 4. The van der Waals surface area contributed by atoms with Gasteiger partial charge in [0.25, 0.3) is 5.91 Å². The first-order chi connectivity index (χ1) is 18.2. The maximum Gasteiger partial charge on any atom is 0.417 e. The highest BCUT2D eigenvalue weighted by atomic mass is 32.1. The van der Waals surface area contributed by atoms with Gasteiger partial charge in [0.1, 0.15) is 11.3 Å². The number of anilines is 2. The second-order valence-corrected chi connectivity index (χ2v) is 9.22. The van der Waals surface area contributed by atoms with Gasteiger partial charge in [-0.3, -0.25) is 9.69 Å². The second-order valence-electron chi connectivity index (χ2n) is 8.86. The number of nitrogens with zero attached hydrogens (tertiary/aromatic N) is 3. The van der Waals surface area contributed by atoms with E-state index < -0.39 is 40.5 Å². The molecule has 2 aromatic carbocycles. The molecule has 0 atom stereocenters. The third-order valence-corrected chi connectivity index (χ3v) is 6.29. The summed E-state index contributed by atoms with van der Waals surface area (Å²) in [7, 11) is 0. The maximum atomic E-state index is 15.2. The topological polar surface area (TPSA) is 93.9 Å². The van der Waals surface area contributed by atoms with E-state index in [-0.39, 0.29) is 33.6 Å². The van der Waals surface area contributed by atoms with Gasteiger partial charge in [-0.25, -0.2) is 9.18 Å². The van der Waals surface area contributed by atoms with Gasteiger partial charge in [0.15, 0.2) is 16.7 Å². The van der Waals surface area contributed by atoms with Gasteiger partial charge in [-0.1, -0.05) is 13.0 Å². The third-order valence-electron chi connectivity index (χ3n) is 5.92. The lowest BCUT2D eigenvalue weighted by Crippen LogP contribution is -2.44. The molecule has 204 valence electrons. The lowest BCUT2D eigenvalue weighted by molar-refractivity contribution is -0.138. The fourth-order valence-corrected chi connectivity index (χ4v) is 4.57. The molecule has 39 heavy (non-hydrogen) atoms. The lowest BCUT2D eigenvalue weighted by atomic mass is 10.0. The van der Waals surface area contributed by atoms with Crippen molar-refractivity contribution in [2.45, 2.75) is 45.8 Å². The van der Waals surface area contributed by atoms with Crippen LogP contribution in [0.2, 0.25) is 0 Å². The van der Waals surface area contributed by atoms with E-state index >= 15 is 4.39 Å². The lowest BCUT2D eigenvalue weighted by Gasteiger charge is -2.29. The molecule has 0 radical (unpaired) electrons. The number of amides is 1. The molecule has 1 amide bonds. The Morgan fingerprint density at radius 1 is 1.21 bits per heavy atom. The Balaban J connectivity index is 2.02. The molecule has 0 unspecified atom stereocenters. The Morgan fingerprint density at radius 2 is 1.85 bits per heavy atom. The summed E-state index contributed by atoms with van der Waals surface area (Å²) in [4.78, 5) is 27.1. The number of hydrogen-bond acceptors (Lipinski definition) is 5. The molecule has 1 aliphatic rings. The number of ether oxygens (including phenoxy) is 1. The average molecular weight is 562 g/mol. The van der Waals surface area contributed by atoms with Crippen molar-refractivity contribution in [3.8, 4) is 11.8 Å². The fourth-order valence-electron chi connectivity index (χ4n) is 4.05. The van der Waals surface area contributed by atoms with Crippen LogP contribution in [0.5, 0.6) is 5.75 Å². The summed E-state index contributed by atoms with van der Waals surface area (Å²) in [5.74, 6) is -3.16. The van der Waals surface area contributed by atoms with Gasteiger partial charge < -0.3 is 14.7 Å². The Hall–Kier alpha value is -4.24. The summed E-state index contributed by atoms with van der Waals surface area (Å²) in [6.07, 6.45) is -1.63. The van der Waals surface area contributed by atoms with Gasteiger partial charge in [-0.15, -0.1) is 0 Å². The first-order valence-corrected chi connectivity index (χ1v) is 12.0. The molecule has 1 fully saturated rings. The average Bonchev–Trinajstić information content (AvgIpc) is 3.03. The number of alkyl halides is 3. The molecule has 0 aliphatic carbocycles. The van der Waals surface area contributed by atoms with E-state index in [1.54, 1.807) is 6.92 Å². The predicted octanol–water partition coefficient (Wildman–Crippen LogP) is 6.34. The number of rotatable bonds is 7. The molecule has 1 N–H and O–H groups in total. The SMILES string of the molecule is C/C=C(C(=O)O)\C(=C/CC)Oc1ccc(N2C(=S)N(c3ccc(C#N)c(C(F)(F)F)c3)C(=O)C2(C)C)cc1F. The molecule has 0 saturated carbocycles. The van der Waals surface area contributed by atoms with Crippen molar-refractivity contribution in [2.24, 2.45) is 0 Å². The number of carbonyl (C=O) groups excluding carboxylic acids is 1. The van der Waals surface area contributed by atoms with Gasteiger partial charge in [0.05, 0.1) is 28.5 Å². The molecule has 1 heterocycles. The number of thiocarbonyl (C=S) groups is 1. The summed E-state index contributed by atoms with van der Waals surface area (Å²) in [5, 5.41) is 18.3. The number of allylic oxidation sites excluding steroid dienone is 2. The quantitative estimate of drug-likeness (QED) is 0.139. The van der Waals surface area contributed by atoms with Crippen molar-refractivity contribution in [3.63, 3.8) is 0 Å². The molecule has 0 bridgehead atoms. The summed E-state index contributed by atoms with van der Waals surface area (Å²) in [6.45, 7) is 6.21. The van der Waals surface area contributed by atoms with Crippen molar-refractivity contribution < 1.29 is 37.0 Å². The molecular weight excluding hydrogens is 538 g/mol. The van der Waals surface area contributed by atoms with Crippen molar-refractivity contribution in [3.05, 3.63) is 76.8 Å². The van der Waals surface area contributed by atoms with Crippen LogP contribution in [0.1, 0.15) is 45.2 Å². The van der Waals surface area contributed by atoms with Crippen LogP contribution in [-0.2, 0) is 15.8 Å². The van der Waals surface area contributed by atoms with Gasteiger partial charge in [0, 0.05) is 11.8 Å². The third kappa shape index (κ3) is 5.49. The van der Waals surface area contributed by atoms with Crippen molar-refractivity contribution in [2.75, 3.05) is 9.80 Å². The molecule has 7 nitrogen and oxygen atoms in total. The fraction of sp³-hybridized carbons (Fsp3) is 0.259. The number of carboxylic acids is 1. The number of nitriles is 1. The van der Waals surface area contributed by atoms with Crippen molar-refractivity contribution in [1.82, 2.24) is 0 Å². The molecule has 3 rings (SSSR count). The van der Waals surface area contributed by atoms with Crippen LogP contribution in [-0.4, -0.2) is 27.6 Å². The minimum absolute atomic E-state index is 0.0567. The van der Waals surface area contributed by atoms with E-state index in [2.05, 4.69) is 0 Å². The summed E-state index contributed by atoms with van der Waals surface area (Å²) < 4.78 is 61.4. The highest BCUT2D eigenvalue weighted by Crippen LogP contribution is 2.40. The van der Waals surface area contributed by atoms with Crippen LogP contribution in [0.4, 0.5) is 28.9 Å². The number of carboxylic acid groups (broad SMARTS) is 1. The standard InChI is InChI=1S/C27H23F4N3O4S/c1-5-7-21(18(6-2)23(35)36)38-22-11-10-17(13-20(22)28)34-25(39)33(24(37)26(34,3)4)16-9-8-15(14-32)19(12-16)27(29,30)31/h6-13H,5H2,1-4H3,(H,35,36)/b18-6+,21-7+. The Morgan fingerprint density at radius 3 is 2.36 bits per heavy atom. The van der Waals surface area contributed by atoms with Crippen molar-refractivity contribution in [1.29, 1.82) is 5.26 Å². The molecular formula is C27H23F4N3O4S. The summed E-state index contributed by atoms with van der Waals surface area (Å²) >= 11 is 5.46. The molecule has 12 heteroatoms. The first kappa shape index (κ1) is 29.3. The Bertz CT molecular complexity index is 1460. The maximum absolute atomic E-state index is 15.2. The molecule has 1 aliphatic heterocycles. The van der Waals surface area contributed by atoms with Crippen LogP contribution in [0.25, 0.3) is 0 Å². The highest BCUT2D eigenvalue weighted by Gasteiger charge is 2.51. The Labute approximate surface area is 227 Å². The molecule has 1 saturated heterocycles. The molecule has 2 aromatic rings. The Kier molecular flexibility index (Phi) is 8.16.